The van der Waals surface area contributed by atoms with Crippen LogP contribution in [0.1, 0.15) is 45.4 Å². The van der Waals surface area contributed by atoms with Crippen molar-refractivity contribution < 1.29 is 4.79 Å². The van der Waals surface area contributed by atoms with Gasteiger partial charge in [0.25, 0.3) is 0 Å². The lowest BCUT2D eigenvalue weighted by Gasteiger charge is -2.42. The van der Waals surface area contributed by atoms with Gasteiger partial charge in [0.05, 0.1) is 0 Å². The van der Waals surface area contributed by atoms with E-state index in [1.165, 1.54) is 25.7 Å². The maximum absolute atomic E-state index is 11.0. The molecule has 1 aliphatic carbocycles. The van der Waals surface area contributed by atoms with Crippen LogP contribution in [0.15, 0.2) is 0 Å². The van der Waals surface area contributed by atoms with Gasteiger partial charge in [0.1, 0.15) is 0 Å². The number of rotatable bonds is 6. The predicted octanol–water partition coefficient (Wildman–Crippen LogP) is 1.43. The van der Waals surface area contributed by atoms with Gasteiger partial charge in [0.15, 0.2) is 0 Å². The van der Waals surface area contributed by atoms with Crippen LogP contribution >= 0.6 is 0 Å². The Morgan fingerprint density at radius 1 is 1.43 bits per heavy atom. The lowest BCUT2D eigenvalue weighted by molar-refractivity contribution is -0.120. The summed E-state index contributed by atoms with van der Waals surface area (Å²) in [7, 11) is 1.69. The molecule has 0 heterocycles. The quantitative estimate of drug-likeness (QED) is 0.634. The first kappa shape index (κ1) is 11.5. The summed E-state index contributed by atoms with van der Waals surface area (Å²) in [6.45, 7) is 3.21. The van der Waals surface area contributed by atoms with Gasteiger partial charge in [-0.2, -0.15) is 0 Å². The number of hydrogen-bond donors (Lipinski definition) is 2. The SMILES string of the molecule is CCC1(NCCCC(=O)NC)CCC1. The van der Waals surface area contributed by atoms with Crippen molar-refractivity contribution in [1.29, 1.82) is 0 Å². The minimum Gasteiger partial charge on any atom is -0.359 e. The fraction of sp³-hybridized carbons (Fsp3) is 0.909. The summed E-state index contributed by atoms with van der Waals surface area (Å²) in [6.07, 6.45) is 6.78. The van der Waals surface area contributed by atoms with Crippen LogP contribution in [0, 0.1) is 0 Å². The average molecular weight is 198 g/mol. The fourth-order valence-corrected chi connectivity index (χ4v) is 1.99. The standard InChI is InChI=1S/C11H22N2O/c1-3-11(7-5-8-11)13-9-4-6-10(14)12-2/h13H,3-9H2,1-2H3,(H,12,14). The first-order chi connectivity index (χ1) is 6.72. The first-order valence-electron chi connectivity index (χ1n) is 5.68. The molecule has 82 valence electrons. The topological polar surface area (TPSA) is 41.1 Å². The molecule has 14 heavy (non-hydrogen) atoms. The molecule has 0 spiro atoms. The highest BCUT2D eigenvalue weighted by Crippen LogP contribution is 2.34. The molecule has 2 N–H and O–H groups in total. The Morgan fingerprint density at radius 3 is 2.57 bits per heavy atom. The number of amides is 1. The minimum atomic E-state index is 0.144. The van der Waals surface area contributed by atoms with Crippen molar-refractivity contribution in [1.82, 2.24) is 10.6 Å². The number of carbonyl (C=O) groups is 1. The molecule has 0 unspecified atom stereocenters. The van der Waals surface area contributed by atoms with Crippen LogP contribution in [0.5, 0.6) is 0 Å². The van der Waals surface area contributed by atoms with Gasteiger partial charge in [-0.05, 0) is 38.6 Å². The molecule has 3 nitrogen and oxygen atoms in total. The Labute approximate surface area is 86.6 Å². The average Bonchev–Trinajstić information content (AvgIpc) is 2.15. The van der Waals surface area contributed by atoms with E-state index >= 15 is 0 Å². The first-order valence-corrected chi connectivity index (χ1v) is 5.68. The van der Waals surface area contributed by atoms with E-state index < -0.39 is 0 Å². The molecule has 1 aliphatic rings. The Morgan fingerprint density at radius 2 is 2.14 bits per heavy atom. The molecule has 0 aromatic rings. The summed E-state index contributed by atoms with van der Waals surface area (Å²) in [4.78, 5) is 11.0. The molecule has 1 amide bonds. The van der Waals surface area contributed by atoms with Gasteiger partial charge in [0.2, 0.25) is 5.91 Å². The Hall–Kier alpha value is -0.570. The van der Waals surface area contributed by atoms with E-state index in [4.69, 9.17) is 0 Å². The smallest absolute Gasteiger partial charge is 0.219 e. The Balaban J connectivity index is 2.05. The Kier molecular flexibility index (Phi) is 4.39. The van der Waals surface area contributed by atoms with E-state index in [-0.39, 0.29) is 5.91 Å². The van der Waals surface area contributed by atoms with Gasteiger partial charge < -0.3 is 10.6 Å². The summed E-state index contributed by atoms with van der Waals surface area (Å²) >= 11 is 0. The van der Waals surface area contributed by atoms with Crippen LogP contribution in [0.4, 0.5) is 0 Å². The van der Waals surface area contributed by atoms with Crippen LogP contribution in [0.3, 0.4) is 0 Å². The van der Waals surface area contributed by atoms with E-state index in [0.29, 0.717) is 12.0 Å². The van der Waals surface area contributed by atoms with Crippen molar-refractivity contribution in [3.63, 3.8) is 0 Å². The predicted molar refractivity (Wildman–Crippen MR) is 58.2 cm³/mol. The highest BCUT2D eigenvalue weighted by Gasteiger charge is 2.33. The van der Waals surface area contributed by atoms with Crippen LogP contribution in [0.2, 0.25) is 0 Å². The second-order valence-corrected chi connectivity index (χ2v) is 4.19. The lowest BCUT2D eigenvalue weighted by atomic mass is 9.75. The second kappa shape index (κ2) is 5.35. The van der Waals surface area contributed by atoms with Gasteiger partial charge in [-0.1, -0.05) is 6.92 Å². The maximum atomic E-state index is 11.0. The van der Waals surface area contributed by atoms with Gasteiger partial charge in [-0.25, -0.2) is 0 Å². The summed E-state index contributed by atoms with van der Waals surface area (Å²) in [5.41, 5.74) is 0.419. The van der Waals surface area contributed by atoms with Crippen molar-refractivity contribution in [2.24, 2.45) is 0 Å². The normalized spacial score (nSPS) is 18.7. The van der Waals surface area contributed by atoms with Crippen molar-refractivity contribution in [2.45, 2.75) is 51.0 Å². The summed E-state index contributed by atoms with van der Waals surface area (Å²) in [5, 5.41) is 6.22. The van der Waals surface area contributed by atoms with Crippen LogP contribution in [-0.2, 0) is 4.79 Å². The van der Waals surface area contributed by atoms with E-state index in [1.54, 1.807) is 7.05 Å². The molecule has 0 aromatic heterocycles. The minimum absolute atomic E-state index is 0.144. The molecule has 0 atom stereocenters. The van der Waals surface area contributed by atoms with E-state index in [2.05, 4.69) is 17.6 Å². The maximum Gasteiger partial charge on any atom is 0.219 e. The molecule has 0 radical (unpaired) electrons. The molecule has 0 aliphatic heterocycles. The third kappa shape index (κ3) is 2.98. The zero-order valence-corrected chi connectivity index (χ0v) is 9.36. The van der Waals surface area contributed by atoms with Gasteiger partial charge in [-0.3, -0.25) is 4.79 Å². The largest absolute Gasteiger partial charge is 0.359 e. The fourth-order valence-electron chi connectivity index (χ4n) is 1.99. The number of carbonyl (C=O) groups excluding carboxylic acids is 1. The second-order valence-electron chi connectivity index (χ2n) is 4.19. The zero-order chi connectivity index (χ0) is 10.4. The molecule has 0 saturated heterocycles. The molecular formula is C11H22N2O. The van der Waals surface area contributed by atoms with Crippen LogP contribution in [0.25, 0.3) is 0 Å². The summed E-state index contributed by atoms with van der Waals surface area (Å²) in [5.74, 6) is 0.144. The molecular weight excluding hydrogens is 176 g/mol. The van der Waals surface area contributed by atoms with Gasteiger partial charge in [-0.15, -0.1) is 0 Å². The van der Waals surface area contributed by atoms with Crippen molar-refractivity contribution in [3.8, 4) is 0 Å². The van der Waals surface area contributed by atoms with Crippen molar-refractivity contribution in [2.75, 3.05) is 13.6 Å². The lowest BCUT2D eigenvalue weighted by Crippen LogP contribution is -2.50. The number of hydrogen-bond acceptors (Lipinski definition) is 2. The zero-order valence-electron chi connectivity index (χ0n) is 9.36. The summed E-state index contributed by atoms with van der Waals surface area (Å²) in [6, 6.07) is 0. The van der Waals surface area contributed by atoms with E-state index in [0.717, 1.165) is 13.0 Å². The highest BCUT2D eigenvalue weighted by atomic mass is 16.1. The van der Waals surface area contributed by atoms with Crippen molar-refractivity contribution >= 4 is 5.91 Å². The molecule has 3 heteroatoms. The van der Waals surface area contributed by atoms with Gasteiger partial charge in [0, 0.05) is 19.0 Å². The third-order valence-electron chi connectivity index (χ3n) is 3.35. The van der Waals surface area contributed by atoms with Gasteiger partial charge >= 0.3 is 0 Å². The highest BCUT2D eigenvalue weighted by molar-refractivity contribution is 5.75. The molecule has 0 aromatic carbocycles. The number of nitrogens with one attached hydrogen (secondary N) is 2. The van der Waals surface area contributed by atoms with Crippen LogP contribution < -0.4 is 10.6 Å². The monoisotopic (exact) mass is 198 g/mol. The molecule has 1 rings (SSSR count). The van der Waals surface area contributed by atoms with Crippen molar-refractivity contribution in [3.05, 3.63) is 0 Å². The molecule has 0 bridgehead atoms. The Bertz CT molecular complexity index is 182. The van der Waals surface area contributed by atoms with E-state index in [1.807, 2.05) is 0 Å². The van der Waals surface area contributed by atoms with Crippen LogP contribution in [-0.4, -0.2) is 25.0 Å². The third-order valence-corrected chi connectivity index (χ3v) is 3.35. The summed E-state index contributed by atoms with van der Waals surface area (Å²) < 4.78 is 0. The van der Waals surface area contributed by atoms with E-state index in [9.17, 15) is 4.79 Å². The molecule has 1 saturated carbocycles. The molecule has 1 fully saturated rings.